The first-order chi connectivity index (χ1) is 9.09. The molecule has 1 aromatic rings. The van der Waals surface area contributed by atoms with Gasteiger partial charge in [0.1, 0.15) is 6.04 Å². The lowest BCUT2D eigenvalue weighted by atomic mass is 10.1. The molecule has 0 radical (unpaired) electrons. The Morgan fingerprint density at radius 1 is 1.58 bits per heavy atom. The van der Waals surface area contributed by atoms with Crippen LogP contribution in [0.5, 0.6) is 0 Å². The number of carbonyl (C=O) groups is 1. The van der Waals surface area contributed by atoms with Crippen LogP contribution in [0.2, 0.25) is 0 Å². The van der Waals surface area contributed by atoms with E-state index in [4.69, 9.17) is 0 Å². The molecular formula is C14H24N4O. The second-order valence-electron chi connectivity index (χ2n) is 5.69. The third-order valence-corrected chi connectivity index (χ3v) is 3.59. The average molecular weight is 264 g/mol. The summed E-state index contributed by atoms with van der Waals surface area (Å²) in [6, 6.07) is 0.126. The molecule has 1 amide bonds. The molecule has 1 aromatic heterocycles. The summed E-state index contributed by atoms with van der Waals surface area (Å²) in [5.74, 6) is 0.529. The van der Waals surface area contributed by atoms with Crippen molar-refractivity contribution in [2.75, 3.05) is 13.1 Å². The predicted molar refractivity (Wildman–Crippen MR) is 74.8 cm³/mol. The topological polar surface area (TPSA) is 59.0 Å². The lowest BCUT2D eigenvalue weighted by Gasteiger charge is -2.20. The Morgan fingerprint density at radius 2 is 2.37 bits per heavy atom. The molecule has 0 spiro atoms. The van der Waals surface area contributed by atoms with Crippen LogP contribution < -0.4 is 10.6 Å². The minimum absolute atomic E-state index is 0.0611. The van der Waals surface area contributed by atoms with Gasteiger partial charge in [-0.05, 0) is 32.2 Å². The zero-order valence-electron chi connectivity index (χ0n) is 12.0. The summed E-state index contributed by atoms with van der Waals surface area (Å²) in [7, 11) is 0. The fourth-order valence-electron chi connectivity index (χ4n) is 2.42. The van der Waals surface area contributed by atoms with E-state index in [0.29, 0.717) is 12.0 Å². The van der Waals surface area contributed by atoms with E-state index in [1.807, 2.05) is 17.7 Å². The number of imidazole rings is 1. The summed E-state index contributed by atoms with van der Waals surface area (Å²) in [5.41, 5.74) is 1.12. The number of nitrogens with one attached hydrogen (secondary N) is 2. The lowest BCUT2D eigenvalue weighted by Crippen LogP contribution is -2.34. The number of carbonyl (C=O) groups excluding carboxylic acids is 1. The molecule has 5 heteroatoms. The van der Waals surface area contributed by atoms with Crippen LogP contribution in [0.1, 0.15) is 51.4 Å². The first-order valence-electron chi connectivity index (χ1n) is 7.12. The van der Waals surface area contributed by atoms with Crippen molar-refractivity contribution in [1.82, 2.24) is 20.2 Å². The number of hydrogen-bond donors (Lipinski definition) is 2. The van der Waals surface area contributed by atoms with Gasteiger partial charge in [-0.2, -0.15) is 0 Å². The molecule has 5 nitrogen and oxygen atoms in total. The van der Waals surface area contributed by atoms with Gasteiger partial charge in [-0.25, -0.2) is 4.98 Å². The summed E-state index contributed by atoms with van der Waals surface area (Å²) >= 11 is 0. The summed E-state index contributed by atoms with van der Waals surface area (Å²) in [6.07, 6.45) is 5.93. The molecule has 2 N–H and O–H groups in total. The number of aromatic nitrogens is 2. The monoisotopic (exact) mass is 264 g/mol. The molecule has 2 atom stereocenters. The zero-order chi connectivity index (χ0) is 13.8. The number of rotatable bonds is 5. The summed E-state index contributed by atoms with van der Waals surface area (Å²) in [5, 5.41) is 6.43. The van der Waals surface area contributed by atoms with Gasteiger partial charge in [0, 0.05) is 18.8 Å². The second-order valence-corrected chi connectivity index (χ2v) is 5.69. The molecule has 19 heavy (non-hydrogen) atoms. The third kappa shape index (κ3) is 3.35. The molecule has 1 fully saturated rings. The molecule has 1 aliphatic rings. The van der Waals surface area contributed by atoms with E-state index in [2.05, 4.69) is 29.5 Å². The van der Waals surface area contributed by atoms with Crippen LogP contribution in [0.25, 0.3) is 0 Å². The Balaban J connectivity index is 2.04. The molecule has 0 aromatic carbocycles. The van der Waals surface area contributed by atoms with Crippen molar-refractivity contribution in [3.63, 3.8) is 0 Å². The molecule has 0 saturated carbocycles. The molecule has 106 valence electrons. The van der Waals surface area contributed by atoms with E-state index in [0.717, 1.165) is 25.2 Å². The third-order valence-electron chi connectivity index (χ3n) is 3.59. The van der Waals surface area contributed by atoms with Gasteiger partial charge < -0.3 is 15.2 Å². The smallest absolute Gasteiger partial charge is 0.242 e. The normalized spacial score (nSPS) is 20.7. The fourth-order valence-corrected chi connectivity index (χ4v) is 2.42. The van der Waals surface area contributed by atoms with Gasteiger partial charge in [0.2, 0.25) is 5.91 Å². The highest BCUT2D eigenvalue weighted by Crippen LogP contribution is 2.24. The summed E-state index contributed by atoms with van der Waals surface area (Å²) in [6.45, 7) is 7.88. The molecule has 1 saturated heterocycles. The van der Waals surface area contributed by atoms with Crippen molar-refractivity contribution in [3.05, 3.63) is 18.2 Å². The van der Waals surface area contributed by atoms with E-state index >= 15 is 0 Å². The predicted octanol–water partition coefficient (Wildman–Crippen LogP) is 1.64. The Hall–Kier alpha value is -1.36. The highest BCUT2D eigenvalue weighted by atomic mass is 16.2. The lowest BCUT2D eigenvalue weighted by molar-refractivity contribution is -0.124. The van der Waals surface area contributed by atoms with E-state index < -0.39 is 0 Å². The SMILES string of the molecule is CC(C)CNC(=O)C(C)n1cncc1C1CCCN1. The van der Waals surface area contributed by atoms with Gasteiger partial charge in [-0.1, -0.05) is 13.8 Å². The van der Waals surface area contributed by atoms with Crippen LogP contribution in [-0.4, -0.2) is 28.5 Å². The van der Waals surface area contributed by atoms with E-state index in [-0.39, 0.29) is 11.9 Å². The molecule has 2 rings (SSSR count). The largest absolute Gasteiger partial charge is 0.354 e. The van der Waals surface area contributed by atoms with Crippen molar-refractivity contribution in [3.8, 4) is 0 Å². The quantitative estimate of drug-likeness (QED) is 0.850. The minimum Gasteiger partial charge on any atom is -0.354 e. The van der Waals surface area contributed by atoms with Gasteiger partial charge >= 0.3 is 0 Å². The van der Waals surface area contributed by atoms with E-state index in [1.54, 1.807) is 6.33 Å². The van der Waals surface area contributed by atoms with Crippen molar-refractivity contribution >= 4 is 5.91 Å². The second kappa shape index (κ2) is 6.19. The van der Waals surface area contributed by atoms with Gasteiger partial charge in [0.25, 0.3) is 0 Å². The van der Waals surface area contributed by atoms with E-state index in [1.165, 1.54) is 6.42 Å². The molecule has 2 heterocycles. The number of hydrogen-bond acceptors (Lipinski definition) is 3. The highest BCUT2D eigenvalue weighted by molar-refractivity contribution is 5.79. The van der Waals surface area contributed by atoms with Crippen LogP contribution in [0.4, 0.5) is 0 Å². The zero-order valence-corrected chi connectivity index (χ0v) is 12.0. The van der Waals surface area contributed by atoms with Gasteiger partial charge in [0.15, 0.2) is 0 Å². The van der Waals surface area contributed by atoms with Crippen molar-refractivity contribution in [2.24, 2.45) is 5.92 Å². The molecule has 1 aliphatic heterocycles. The molecule has 0 aliphatic carbocycles. The van der Waals surface area contributed by atoms with Crippen LogP contribution in [0, 0.1) is 5.92 Å². The van der Waals surface area contributed by atoms with Crippen molar-refractivity contribution < 1.29 is 4.79 Å². The number of amides is 1. The van der Waals surface area contributed by atoms with Gasteiger partial charge in [-0.3, -0.25) is 4.79 Å². The van der Waals surface area contributed by atoms with Crippen molar-refractivity contribution in [1.29, 1.82) is 0 Å². The molecular weight excluding hydrogens is 240 g/mol. The minimum atomic E-state index is -0.210. The molecule has 0 bridgehead atoms. The van der Waals surface area contributed by atoms with Crippen LogP contribution in [-0.2, 0) is 4.79 Å². The molecule has 2 unspecified atom stereocenters. The summed E-state index contributed by atoms with van der Waals surface area (Å²) in [4.78, 5) is 16.3. The fraction of sp³-hybridized carbons (Fsp3) is 0.714. The maximum absolute atomic E-state index is 12.1. The average Bonchev–Trinajstić information content (AvgIpc) is 3.03. The Morgan fingerprint density at radius 3 is 3.00 bits per heavy atom. The van der Waals surface area contributed by atoms with Gasteiger partial charge in [0.05, 0.1) is 12.0 Å². The Bertz CT molecular complexity index is 421. The number of nitrogens with zero attached hydrogens (tertiary/aromatic N) is 2. The Kier molecular flexibility index (Phi) is 4.58. The van der Waals surface area contributed by atoms with E-state index in [9.17, 15) is 4.79 Å². The Labute approximate surface area is 114 Å². The van der Waals surface area contributed by atoms with Gasteiger partial charge in [-0.15, -0.1) is 0 Å². The first kappa shape index (κ1) is 14.1. The van der Waals surface area contributed by atoms with Crippen molar-refractivity contribution in [2.45, 2.75) is 45.7 Å². The maximum atomic E-state index is 12.1. The highest BCUT2D eigenvalue weighted by Gasteiger charge is 2.24. The maximum Gasteiger partial charge on any atom is 0.242 e. The standard InChI is InChI=1S/C14H24N4O/c1-10(2)7-17-14(19)11(3)18-9-15-8-13(18)12-5-4-6-16-12/h8-12,16H,4-7H2,1-3H3,(H,17,19). The van der Waals surface area contributed by atoms with Crippen LogP contribution in [0.3, 0.4) is 0 Å². The van der Waals surface area contributed by atoms with Crippen LogP contribution >= 0.6 is 0 Å². The first-order valence-corrected chi connectivity index (χ1v) is 7.12. The van der Waals surface area contributed by atoms with Crippen LogP contribution in [0.15, 0.2) is 12.5 Å². The summed E-state index contributed by atoms with van der Waals surface area (Å²) < 4.78 is 1.98.